The fourth-order valence-electron chi connectivity index (χ4n) is 4.12. The molecule has 2 aliphatic heterocycles. The molecule has 5 rings (SSSR count). The van der Waals surface area contributed by atoms with Gasteiger partial charge in [0.1, 0.15) is 24.9 Å². The zero-order chi connectivity index (χ0) is 16.8. The minimum atomic E-state index is 0.359. The number of para-hydroxylation sites is 1. The minimum absolute atomic E-state index is 0.359. The summed E-state index contributed by atoms with van der Waals surface area (Å²) < 4.78 is 13.9. The van der Waals surface area contributed by atoms with Crippen LogP contribution < -0.4 is 9.47 Å². The van der Waals surface area contributed by atoms with Gasteiger partial charge in [0.25, 0.3) is 0 Å². The van der Waals surface area contributed by atoms with Crippen molar-refractivity contribution in [3.63, 3.8) is 0 Å². The van der Waals surface area contributed by atoms with Gasteiger partial charge in [0, 0.05) is 24.6 Å². The Morgan fingerprint density at radius 2 is 2.00 bits per heavy atom. The molecule has 6 nitrogen and oxygen atoms in total. The van der Waals surface area contributed by atoms with E-state index in [4.69, 9.17) is 9.47 Å². The molecule has 132 valence electrons. The first-order chi connectivity index (χ1) is 12.3. The Morgan fingerprint density at radius 3 is 2.88 bits per heavy atom. The molecule has 3 aliphatic rings. The molecule has 6 heteroatoms. The number of ether oxygens (including phenoxy) is 2. The lowest BCUT2D eigenvalue weighted by Crippen LogP contribution is -2.26. The lowest BCUT2D eigenvalue weighted by Gasteiger charge is -2.28. The lowest BCUT2D eigenvalue weighted by molar-refractivity contribution is 0.163. The highest BCUT2D eigenvalue weighted by Crippen LogP contribution is 2.43. The predicted octanol–water partition coefficient (Wildman–Crippen LogP) is 2.80. The highest BCUT2D eigenvalue weighted by Gasteiger charge is 2.33. The van der Waals surface area contributed by atoms with E-state index in [0.717, 1.165) is 42.7 Å². The fourth-order valence-corrected chi connectivity index (χ4v) is 4.12. The van der Waals surface area contributed by atoms with Gasteiger partial charge in [-0.3, -0.25) is 4.90 Å². The highest BCUT2D eigenvalue weighted by atomic mass is 16.6. The topological polar surface area (TPSA) is 52.4 Å². The monoisotopic (exact) mass is 340 g/mol. The van der Waals surface area contributed by atoms with Crippen LogP contribution in [0.2, 0.25) is 0 Å². The molecule has 3 heterocycles. The number of hydrogen-bond donors (Lipinski definition) is 0. The fraction of sp³-hybridized carbons (Fsp3) is 0.579. The van der Waals surface area contributed by atoms with Gasteiger partial charge in [-0.2, -0.15) is 0 Å². The van der Waals surface area contributed by atoms with Crippen LogP contribution >= 0.6 is 0 Å². The average molecular weight is 340 g/mol. The molecule has 1 atom stereocenters. The van der Waals surface area contributed by atoms with Crippen molar-refractivity contribution in [2.75, 3.05) is 19.8 Å². The molecule has 1 aliphatic carbocycles. The van der Waals surface area contributed by atoms with Gasteiger partial charge in [0.2, 0.25) is 0 Å². The summed E-state index contributed by atoms with van der Waals surface area (Å²) in [4.78, 5) is 2.51. The van der Waals surface area contributed by atoms with Crippen molar-refractivity contribution in [3.8, 4) is 11.5 Å². The minimum Gasteiger partial charge on any atom is -0.486 e. The summed E-state index contributed by atoms with van der Waals surface area (Å²) in [7, 11) is 2.11. The maximum Gasteiger partial charge on any atom is 0.166 e. The van der Waals surface area contributed by atoms with Crippen molar-refractivity contribution in [1.29, 1.82) is 0 Å². The summed E-state index contributed by atoms with van der Waals surface area (Å²) >= 11 is 0. The van der Waals surface area contributed by atoms with E-state index in [1.165, 1.54) is 24.8 Å². The van der Waals surface area contributed by atoms with E-state index in [0.29, 0.717) is 25.2 Å². The summed E-state index contributed by atoms with van der Waals surface area (Å²) in [6.07, 6.45) is 4.85. The van der Waals surface area contributed by atoms with Crippen LogP contribution in [0, 0.1) is 0 Å². The SMILES string of the molecule is Cn1c(CN2CCCC2c2cccc3c2OCCO3)nnc1C1CC1. The maximum atomic E-state index is 5.95. The molecule has 2 fully saturated rings. The van der Waals surface area contributed by atoms with Gasteiger partial charge in [-0.1, -0.05) is 12.1 Å². The van der Waals surface area contributed by atoms with Gasteiger partial charge in [0.05, 0.1) is 6.54 Å². The predicted molar refractivity (Wildman–Crippen MR) is 92.8 cm³/mol. The molecule has 2 aromatic rings. The zero-order valence-corrected chi connectivity index (χ0v) is 14.6. The normalized spacial score (nSPS) is 23.2. The maximum absolute atomic E-state index is 5.95. The van der Waals surface area contributed by atoms with Crippen LogP contribution in [0.3, 0.4) is 0 Å². The highest BCUT2D eigenvalue weighted by molar-refractivity contribution is 5.49. The van der Waals surface area contributed by atoms with Gasteiger partial charge in [-0.15, -0.1) is 10.2 Å². The van der Waals surface area contributed by atoms with Crippen LogP contribution in [0.25, 0.3) is 0 Å². The van der Waals surface area contributed by atoms with Gasteiger partial charge in [-0.05, 0) is 38.3 Å². The molecule has 0 amide bonds. The number of nitrogens with zero attached hydrogens (tertiary/aromatic N) is 4. The van der Waals surface area contributed by atoms with Crippen LogP contribution in [-0.2, 0) is 13.6 Å². The second-order valence-corrected chi connectivity index (χ2v) is 7.31. The standard InChI is InChI=1S/C19H24N4O2/c1-22-17(20-21-19(22)13-7-8-13)12-23-9-3-5-15(23)14-4-2-6-16-18(14)25-11-10-24-16/h2,4,6,13,15H,3,5,7-12H2,1H3. The van der Waals surface area contributed by atoms with Crippen molar-refractivity contribution in [3.05, 3.63) is 35.4 Å². The second kappa shape index (κ2) is 6.02. The quantitative estimate of drug-likeness (QED) is 0.857. The van der Waals surface area contributed by atoms with Crippen LogP contribution in [0.5, 0.6) is 11.5 Å². The zero-order valence-electron chi connectivity index (χ0n) is 14.6. The summed E-state index contributed by atoms with van der Waals surface area (Å²) in [5.74, 6) is 4.66. The molecule has 1 saturated carbocycles. The number of rotatable bonds is 4. The number of benzene rings is 1. The Labute approximate surface area is 147 Å². The first-order valence-corrected chi connectivity index (χ1v) is 9.32. The third kappa shape index (κ3) is 2.68. The summed E-state index contributed by atoms with van der Waals surface area (Å²) in [5, 5.41) is 8.90. The largest absolute Gasteiger partial charge is 0.486 e. The van der Waals surface area contributed by atoms with Crippen molar-refractivity contribution in [2.45, 2.75) is 44.2 Å². The van der Waals surface area contributed by atoms with Crippen LogP contribution in [0.15, 0.2) is 18.2 Å². The van der Waals surface area contributed by atoms with E-state index in [9.17, 15) is 0 Å². The van der Waals surface area contributed by atoms with E-state index >= 15 is 0 Å². The third-order valence-corrected chi connectivity index (χ3v) is 5.61. The number of hydrogen-bond acceptors (Lipinski definition) is 5. The van der Waals surface area contributed by atoms with Crippen molar-refractivity contribution in [2.24, 2.45) is 7.05 Å². The Morgan fingerprint density at radius 1 is 1.12 bits per heavy atom. The Balaban J connectivity index is 1.41. The molecule has 0 spiro atoms. The Bertz CT molecular complexity index is 784. The van der Waals surface area contributed by atoms with E-state index in [1.807, 2.05) is 6.07 Å². The molecular weight excluding hydrogens is 316 g/mol. The summed E-state index contributed by atoms with van der Waals surface area (Å²) in [6.45, 7) is 3.19. The second-order valence-electron chi connectivity index (χ2n) is 7.31. The van der Waals surface area contributed by atoms with Crippen LogP contribution in [0.1, 0.15) is 54.9 Å². The van der Waals surface area contributed by atoms with Gasteiger partial charge < -0.3 is 14.0 Å². The molecule has 1 unspecified atom stereocenters. The number of fused-ring (bicyclic) bond motifs is 1. The van der Waals surface area contributed by atoms with E-state index in [2.05, 4.69) is 38.8 Å². The van der Waals surface area contributed by atoms with Crippen molar-refractivity contribution < 1.29 is 9.47 Å². The molecule has 0 bridgehead atoms. The number of aromatic nitrogens is 3. The first kappa shape index (κ1) is 15.2. The van der Waals surface area contributed by atoms with Crippen LogP contribution in [0.4, 0.5) is 0 Å². The average Bonchev–Trinajstić information content (AvgIpc) is 3.28. The van der Waals surface area contributed by atoms with Crippen molar-refractivity contribution in [1.82, 2.24) is 19.7 Å². The summed E-state index contributed by atoms with van der Waals surface area (Å²) in [6, 6.07) is 6.62. The van der Waals surface area contributed by atoms with E-state index < -0.39 is 0 Å². The molecule has 0 radical (unpaired) electrons. The molecular formula is C19H24N4O2. The van der Waals surface area contributed by atoms with Gasteiger partial charge in [0.15, 0.2) is 11.5 Å². The molecule has 1 aromatic carbocycles. The van der Waals surface area contributed by atoms with Crippen molar-refractivity contribution >= 4 is 0 Å². The van der Waals surface area contributed by atoms with Gasteiger partial charge >= 0.3 is 0 Å². The number of likely N-dealkylation sites (tertiary alicyclic amines) is 1. The molecule has 25 heavy (non-hydrogen) atoms. The van der Waals surface area contributed by atoms with E-state index in [-0.39, 0.29) is 0 Å². The van der Waals surface area contributed by atoms with Crippen LogP contribution in [-0.4, -0.2) is 39.4 Å². The smallest absolute Gasteiger partial charge is 0.166 e. The third-order valence-electron chi connectivity index (χ3n) is 5.61. The lowest BCUT2D eigenvalue weighted by atomic mass is 10.0. The Kier molecular flexibility index (Phi) is 3.66. The van der Waals surface area contributed by atoms with E-state index in [1.54, 1.807) is 0 Å². The first-order valence-electron chi connectivity index (χ1n) is 9.32. The Hall–Kier alpha value is -2.08. The molecule has 0 N–H and O–H groups in total. The molecule has 1 aromatic heterocycles. The summed E-state index contributed by atoms with van der Waals surface area (Å²) in [5.41, 5.74) is 1.25. The van der Waals surface area contributed by atoms with Gasteiger partial charge in [-0.25, -0.2) is 0 Å². The molecule has 1 saturated heterocycles.